The van der Waals surface area contributed by atoms with E-state index >= 15 is 0 Å². The van der Waals surface area contributed by atoms with Gasteiger partial charge in [0.05, 0.1) is 0 Å². The molecule has 3 aliphatic rings. The van der Waals surface area contributed by atoms with Gasteiger partial charge in [-0.1, -0.05) is 6.92 Å². The Morgan fingerprint density at radius 2 is 1.74 bits per heavy atom. The predicted molar refractivity (Wildman–Crippen MR) is 81.4 cm³/mol. The van der Waals surface area contributed by atoms with Crippen LogP contribution in [0.5, 0.6) is 0 Å². The molecule has 0 amide bonds. The highest BCUT2D eigenvalue weighted by Crippen LogP contribution is 2.50. The third-order valence-corrected chi connectivity index (χ3v) is 5.98. The predicted octanol–water partition coefficient (Wildman–Crippen LogP) is 3.37. The minimum Gasteiger partial charge on any atom is -0.301 e. The van der Waals surface area contributed by atoms with Gasteiger partial charge in [-0.05, 0) is 83.8 Å². The molecule has 0 aromatic heterocycles. The van der Waals surface area contributed by atoms with Gasteiger partial charge < -0.3 is 4.90 Å². The van der Waals surface area contributed by atoms with E-state index in [2.05, 4.69) is 30.6 Å². The second-order valence-electron chi connectivity index (χ2n) is 7.84. The van der Waals surface area contributed by atoms with Gasteiger partial charge in [-0.25, -0.2) is 0 Å². The molecular weight excluding hydrogens is 232 g/mol. The molecule has 2 heterocycles. The van der Waals surface area contributed by atoms with Crippen LogP contribution in [0.15, 0.2) is 0 Å². The van der Waals surface area contributed by atoms with Gasteiger partial charge in [-0.3, -0.25) is 4.90 Å². The largest absolute Gasteiger partial charge is 0.301 e. The van der Waals surface area contributed by atoms with Gasteiger partial charge in [-0.2, -0.15) is 0 Å². The van der Waals surface area contributed by atoms with Crippen LogP contribution < -0.4 is 0 Å². The molecule has 0 unspecified atom stereocenters. The summed E-state index contributed by atoms with van der Waals surface area (Å²) in [4.78, 5) is 5.55. The standard InChI is InChI=1S/C17H32N2/c1-14(2)18-9-5-16(6-10-18)13-19-11-4-15(3)12-17(19)7-8-17/h14-16H,4-13H2,1-3H3/t15-/m0/s1. The fraction of sp³-hybridized carbons (Fsp3) is 1.00. The van der Waals surface area contributed by atoms with Crippen molar-refractivity contribution in [3.05, 3.63) is 0 Å². The number of piperidine rings is 2. The van der Waals surface area contributed by atoms with Crippen molar-refractivity contribution in [3.8, 4) is 0 Å². The molecule has 1 atom stereocenters. The smallest absolute Gasteiger partial charge is 0.0213 e. The van der Waals surface area contributed by atoms with Crippen LogP contribution >= 0.6 is 0 Å². The molecule has 1 aliphatic carbocycles. The Bertz CT molecular complexity index is 300. The lowest BCUT2D eigenvalue weighted by atomic mass is 9.88. The minimum atomic E-state index is 0.673. The lowest BCUT2D eigenvalue weighted by Gasteiger charge is -2.43. The average Bonchev–Trinajstić information content (AvgIpc) is 3.14. The molecule has 0 aromatic carbocycles. The number of likely N-dealkylation sites (tertiary alicyclic amines) is 2. The van der Waals surface area contributed by atoms with Gasteiger partial charge in [0.25, 0.3) is 0 Å². The molecule has 0 aromatic rings. The molecule has 2 saturated heterocycles. The lowest BCUT2D eigenvalue weighted by molar-refractivity contribution is 0.0585. The highest BCUT2D eigenvalue weighted by atomic mass is 15.2. The third kappa shape index (κ3) is 3.00. The van der Waals surface area contributed by atoms with Crippen LogP contribution in [0.25, 0.3) is 0 Å². The Morgan fingerprint density at radius 3 is 2.32 bits per heavy atom. The van der Waals surface area contributed by atoms with E-state index in [0.29, 0.717) is 5.54 Å². The highest BCUT2D eigenvalue weighted by Gasteiger charge is 2.50. The second-order valence-corrected chi connectivity index (χ2v) is 7.84. The zero-order valence-corrected chi connectivity index (χ0v) is 13.2. The van der Waals surface area contributed by atoms with Crippen LogP contribution in [-0.4, -0.2) is 47.6 Å². The number of rotatable bonds is 3. The van der Waals surface area contributed by atoms with E-state index in [1.54, 1.807) is 0 Å². The van der Waals surface area contributed by atoms with E-state index in [4.69, 9.17) is 0 Å². The fourth-order valence-electron chi connectivity index (χ4n) is 4.41. The average molecular weight is 264 g/mol. The molecule has 2 aliphatic heterocycles. The zero-order chi connectivity index (χ0) is 13.5. The summed E-state index contributed by atoms with van der Waals surface area (Å²) in [6, 6.07) is 0.742. The monoisotopic (exact) mass is 264 g/mol. The summed E-state index contributed by atoms with van der Waals surface area (Å²) in [6.07, 6.45) is 8.76. The topological polar surface area (TPSA) is 6.48 Å². The van der Waals surface area contributed by atoms with Crippen molar-refractivity contribution in [2.24, 2.45) is 11.8 Å². The molecule has 0 radical (unpaired) electrons. The van der Waals surface area contributed by atoms with E-state index in [9.17, 15) is 0 Å². The summed E-state index contributed by atoms with van der Waals surface area (Å²) >= 11 is 0. The Labute approximate surface area is 119 Å². The first-order chi connectivity index (χ1) is 9.09. The number of nitrogens with zero attached hydrogens (tertiary/aromatic N) is 2. The van der Waals surface area contributed by atoms with Gasteiger partial charge in [0.1, 0.15) is 0 Å². The van der Waals surface area contributed by atoms with Gasteiger partial charge in [0, 0.05) is 18.1 Å². The van der Waals surface area contributed by atoms with E-state index in [-0.39, 0.29) is 0 Å². The van der Waals surface area contributed by atoms with E-state index in [1.165, 1.54) is 64.7 Å². The molecule has 0 bridgehead atoms. The lowest BCUT2D eigenvalue weighted by Crippen LogP contribution is -2.48. The maximum absolute atomic E-state index is 2.89. The van der Waals surface area contributed by atoms with Crippen molar-refractivity contribution in [3.63, 3.8) is 0 Å². The maximum atomic E-state index is 2.89. The van der Waals surface area contributed by atoms with Crippen LogP contribution in [-0.2, 0) is 0 Å². The van der Waals surface area contributed by atoms with Crippen molar-refractivity contribution in [1.29, 1.82) is 0 Å². The Morgan fingerprint density at radius 1 is 1.05 bits per heavy atom. The third-order valence-electron chi connectivity index (χ3n) is 5.98. The quantitative estimate of drug-likeness (QED) is 0.771. The van der Waals surface area contributed by atoms with Crippen LogP contribution in [0.4, 0.5) is 0 Å². The normalized spacial score (nSPS) is 33.2. The summed E-state index contributed by atoms with van der Waals surface area (Å²) in [6.45, 7) is 12.6. The van der Waals surface area contributed by atoms with E-state index in [0.717, 1.165) is 17.9 Å². The molecule has 2 heteroatoms. The van der Waals surface area contributed by atoms with Crippen molar-refractivity contribution in [1.82, 2.24) is 9.80 Å². The van der Waals surface area contributed by atoms with E-state index < -0.39 is 0 Å². The van der Waals surface area contributed by atoms with Gasteiger partial charge in [-0.15, -0.1) is 0 Å². The molecular formula is C17H32N2. The van der Waals surface area contributed by atoms with Crippen molar-refractivity contribution in [2.45, 2.75) is 70.9 Å². The van der Waals surface area contributed by atoms with Crippen LogP contribution in [0.2, 0.25) is 0 Å². The van der Waals surface area contributed by atoms with Gasteiger partial charge in [0.2, 0.25) is 0 Å². The van der Waals surface area contributed by atoms with Crippen molar-refractivity contribution in [2.75, 3.05) is 26.2 Å². The maximum Gasteiger partial charge on any atom is 0.0213 e. The summed E-state index contributed by atoms with van der Waals surface area (Å²) in [5.41, 5.74) is 0.673. The molecule has 3 rings (SSSR count). The molecule has 110 valence electrons. The molecule has 1 saturated carbocycles. The Kier molecular flexibility index (Phi) is 3.92. The molecule has 19 heavy (non-hydrogen) atoms. The van der Waals surface area contributed by atoms with Crippen LogP contribution in [0.1, 0.15) is 59.3 Å². The highest BCUT2D eigenvalue weighted by molar-refractivity contribution is 5.07. The molecule has 2 nitrogen and oxygen atoms in total. The summed E-state index contributed by atoms with van der Waals surface area (Å²) in [5.74, 6) is 1.95. The summed E-state index contributed by atoms with van der Waals surface area (Å²) in [7, 11) is 0. The number of hydrogen-bond donors (Lipinski definition) is 0. The first kappa shape index (κ1) is 13.9. The molecule has 0 N–H and O–H groups in total. The molecule has 1 spiro atoms. The van der Waals surface area contributed by atoms with Crippen molar-refractivity contribution >= 4 is 0 Å². The fourth-order valence-corrected chi connectivity index (χ4v) is 4.41. The zero-order valence-electron chi connectivity index (χ0n) is 13.2. The summed E-state index contributed by atoms with van der Waals surface area (Å²) < 4.78 is 0. The van der Waals surface area contributed by atoms with Gasteiger partial charge in [0.15, 0.2) is 0 Å². The SMILES string of the molecule is CC(C)N1CCC(CN2CC[C@H](C)CC23CC3)CC1. The first-order valence-electron chi connectivity index (χ1n) is 8.58. The van der Waals surface area contributed by atoms with Crippen molar-refractivity contribution < 1.29 is 0 Å². The summed E-state index contributed by atoms with van der Waals surface area (Å²) in [5, 5.41) is 0. The molecule has 3 fully saturated rings. The number of hydrogen-bond acceptors (Lipinski definition) is 2. The Balaban J connectivity index is 1.50. The second kappa shape index (κ2) is 5.37. The first-order valence-corrected chi connectivity index (χ1v) is 8.58. The van der Waals surface area contributed by atoms with Crippen LogP contribution in [0.3, 0.4) is 0 Å². The van der Waals surface area contributed by atoms with Crippen LogP contribution in [0, 0.1) is 11.8 Å². The minimum absolute atomic E-state index is 0.673. The van der Waals surface area contributed by atoms with E-state index in [1.807, 2.05) is 0 Å². The Hall–Kier alpha value is -0.0800. The van der Waals surface area contributed by atoms with Gasteiger partial charge >= 0.3 is 0 Å².